The summed E-state index contributed by atoms with van der Waals surface area (Å²) in [5.74, 6) is 0. The lowest BCUT2D eigenvalue weighted by molar-refractivity contribution is 0.329. The van der Waals surface area contributed by atoms with Gasteiger partial charge in [-0.25, -0.2) is 13.1 Å². The predicted octanol–water partition coefficient (Wildman–Crippen LogP) is 1.34. The van der Waals surface area contributed by atoms with E-state index in [2.05, 4.69) is 14.9 Å². The zero-order valence-corrected chi connectivity index (χ0v) is 13.8. The van der Waals surface area contributed by atoms with Crippen LogP contribution in [0, 0.1) is 0 Å². The van der Waals surface area contributed by atoms with Gasteiger partial charge in [0.15, 0.2) is 0 Å². The Morgan fingerprint density at radius 2 is 2.10 bits per heavy atom. The van der Waals surface area contributed by atoms with Crippen molar-refractivity contribution in [1.82, 2.24) is 14.9 Å². The van der Waals surface area contributed by atoms with E-state index in [1.165, 1.54) is 12.8 Å². The van der Waals surface area contributed by atoms with Crippen molar-refractivity contribution in [2.45, 2.75) is 36.7 Å². The highest BCUT2D eigenvalue weighted by Crippen LogP contribution is 2.24. The monoisotopic (exact) mass is 311 g/mol. The number of hydrogen-bond acceptors (Lipinski definition) is 4. The Bertz CT molecular complexity index is 570. The number of nitrogens with one attached hydrogen (secondary N) is 2. The number of rotatable bonds is 8. The van der Waals surface area contributed by atoms with Gasteiger partial charge >= 0.3 is 0 Å². The van der Waals surface area contributed by atoms with Gasteiger partial charge in [0.2, 0.25) is 10.0 Å². The molecule has 1 aliphatic carbocycles. The zero-order chi connectivity index (χ0) is 15.5. The second kappa shape index (κ2) is 6.87. The molecule has 0 spiro atoms. The SMILES string of the molecule is CNC(C)c1cccc(S(=O)(=O)NCCN(C)C2CC2)c1. The molecular formula is C15H25N3O2S. The van der Waals surface area contributed by atoms with Gasteiger partial charge in [-0.1, -0.05) is 12.1 Å². The fraction of sp³-hybridized carbons (Fsp3) is 0.600. The van der Waals surface area contributed by atoms with E-state index in [0.29, 0.717) is 17.5 Å². The van der Waals surface area contributed by atoms with Crippen molar-refractivity contribution in [2.75, 3.05) is 27.2 Å². The van der Waals surface area contributed by atoms with E-state index in [-0.39, 0.29) is 6.04 Å². The lowest BCUT2D eigenvalue weighted by Gasteiger charge is -2.16. The van der Waals surface area contributed by atoms with Crippen LogP contribution in [0.15, 0.2) is 29.2 Å². The molecule has 0 radical (unpaired) electrons. The predicted molar refractivity (Wildman–Crippen MR) is 84.8 cm³/mol. The van der Waals surface area contributed by atoms with Gasteiger partial charge in [0.25, 0.3) is 0 Å². The average molecular weight is 311 g/mol. The van der Waals surface area contributed by atoms with Crippen LogP contribution in [0.5, 0.6) is 0 Å². The molecule has 1 aromatic rings. The summed E-state index contributed by atoms with van der Waals surface area (Å²) in [7, 11) is 0.472. The van der Waals surface area contributed by atoms with E-state index in [1.807, 2.05) is 27.1 Å². The first-order valence-electron chi connectivity index (χ1n) is 7.41. The van der Waals surface area contributed by atoms with E-state index in [0.717, 1.165) is 12.1 Å². The quantitative estimate of drug-likeness (QED) is 0.760. The Balaban J connectivity index is 1.97. The van der Waals surface area contributed by atoms with Crippen LogP contribution in [-0.4, -0.2) is 46.5 Å². The van der Waals surface area contributed by atoms with Gasteiger partial charge in [-0.2, -0.15) is 0 Å². The summed E-state index contributed by atoms with van der Waals surface area (Å²) in [5.41, 5.74) is 0.968. The van der Waals surface area contributed by atoms with Gasteiger partial charge in [-0.3, -0.25) is 0 Å². The standard InChI is InChI=1S/C15H25N3O2S/c1-12(16-2)13-5-4-6-15(11-13)21(19,20)17-9-10-18(3)14-7-8-14/h4-6,11-12,14,16-17H,7-10H2,1-3H3. The van der Waals surface area contributed by atoms with E-state index < -0.39 is 10.0 Å². The first-order chi connectivity index (χ1) is 9.94. The summed E-state index contributed by atoms with van der Waals surface area (Å²) in [4.78, 5) is 2.54. The largest absolute Gasteiger partial charge is 0.313 e. The third-order valence-electron chi connectivity index (χ3n) is 4.03. The third-order valence-corrected chi connectivity index (χ3v) is 5.49. The molecule has 1 unspecified atom stereocenters. The molecule has 5 nitrogen and oxygen atoms in total. The summed E-state index contributed by atoms with van der Waals surface area (Å²) in [6, 6.07) is 7.86. The van der Waals surface area contributed by atoms with Gasteiger partial charge in [-0.05, 0) is 51.6 Å². The van der Waals surface area contributed by atoms with E-state index >= 15 is 0 Å². The lowest BCUT2D eigenvalue weighted by atomic mass is 10.1. The van der Waals surface area contributed by atoms with Crippen molar-refractivity contribution in [2.24, 2.45) is 0 Å². The Morgan fingerprint density at radius 1 is 1.38 bits per heavy atom. The van der Waals surface area contributed by atoms with Crippen LogP contribution < -0.4 is 10.0 Å². The number of benzene rings is 1. The summed E-state index contributed by atoms with van der Waals surface area (Å²) in [5, 5.41) is 3.12. The van der Waals surface area contributed by atoms with Gasteiger partial charge in [0.05, 0.1) is 4.90 Å². The van der Waals surface area contributed by atoms with Crippen molar-refractivity contribution >= 4 is 10.0 Å². The second-order valence-electron chi connectivity index (χ2n) is 5.69. The topological polar surface area (TPSA) is 61.4 Å². The number of likely N-dealkylation sites (N-methyl/N-ethyl adjacent to an activating group) is 1. The maximum atomic E-state index is 12.3. The normalized spacial score (nSPS) is 17.1. The van der Waals surface area contributed by atoms with E-state index in [4.69, 9.17) is 0 Å². The number of sulfonamides is 1. The minimum Gasteiger partial charge on any atom is -0.313 e. The molecule has 1 aliphatic rings. The third kappa shape index (κ3) is 4.51. The molecule has 0 amide bonds. The van der Waals surface area contributed by atoms with Gasteiger partial charge in [-0.15, -0.1) is 0 Å². The molecule has 21 heavy (non-hydrogen) atoms. The Kier molecular flexibility index (Phi) is 5.37. The number of hydrogen-bond donors (Lipinski definition) is 2. The van der Waals surface area contributed by atoms with Crippen LogP contribution in [0.3, 0.4) is 0 Å². The molecule has 6 heteroatoms. The molecule has 0 bridgehead atoms. The summed E-state index contributed by atoms with van der Waals surface area (Å²) in [6.45, 7) is 3.20. The fourth-order valence-electron chi connectivity index (χ4n) is 2.26. The molecule has 1 aromatic carbocycles. The van der Waals surface area contributed by atoms with Crippen molar-refractivity contribution in [3.05, 3.63) is 29.8 Å². The highest BCUT2D eigenvalue weighted by atomic mass is 32.2. The van der Waals surface area contributed by atoms with E-state index in [9.17, 15) is 8.42 Å². The summed E-state index contributed by atoms with van der Waals surface area (Å²) in [6.07, 6.45) is 2.46. The maximum absolute atomic E-state index is 12.3. The lowest BCUT2D eigenvalue weighted by Crippen LogP contribution is -2.34. The second-order valence-corrected chi connectivity index (χ2v) is 7.46. The highest BCUT2D eigenvalue weighted by molar-refractivity contribution is 7.89. The number of nitrogens with zero attached hydrogens (tertiary/aromatic N) is 1. The van der Waals surface area contributed by atoms with Crippen LogP contribution in [0.4, 0.5) is 0 Å². The first-order valence-corrected chi connectivity index (χ1v) is 8.89. The molecule has 0 heterocycles. The Labute approximate surface area is 127 Å². The maximum Gasteiger partial charge on any atom is 0.240 e. The molecule has 0 saturated heterocycles. The Hall–Kier alpha value is -0.950. The van der Waals surface area contributed by atoms with Gasteiger partial charge < -0.3 is 10.2 Å². The molecule has 2 N–H and O–H groups in total. The minimum atomic E-state index is -3.43. The molecule has 1 atom stereocenters. The van der Waals surface area contributed by atoms with Crippen LogP contribution in [0.1, 0.15) is 31.4 Å². The molecule has 1 fully saturated rings. The summed E-state index contributed by atoms with van der Waals surface area (Å²) < 4.78 is 27.3. The highest BCUT2D eigenvalue weighted by Gasteiger charge is 2.26. The smallest absolute Gasteiger partial charge is 0.240 e. The van der Waals surface area contributed by atoms with Crippen LogP contribution in [-0.2, 0) is 10.0 Å². The van der Waals surface area contributed by atoms with Crippen molar-refractivity contribution < 1.29 is 8.42 Å². The minimum absolute atomic E-state index is 0.126. The summed E-state index contributed by atoms with van der Waals surface area (Å²) >= 11 is 0. The van der Waals surface area contributed by atoms with Gasteiger partial charge in [0, 0.05) is 25.2 Å². The molecule has 1 saturated carbocycles. The Morgan fingerprint density at radius 3 is 2.71 bits per heavy atom. The molecule has 118 valence electrons. The van der Waals surface area contributed by atoms with Crippen molar-refractivity contribution in [3.63, 3.8) is 0 Å². The first kappa shape index (κ1) is 16.4. The zero-order valence-electron chi connectivity index (χ0n) is 13.0. The molecule has 2 rings (SSSR count). The molecule has 0 aromatic heterocycles. The van der Waals surface area contributed by atoms with Crippen LogP contribution in [0.2, 0.25) is 0 Å². The molecule has 0 aliphatic heterocycles. The fourth-order valence-corrected chi connectivity index (χ4v) is 3.33. The van der Waals surface area contributed by atoms with Crippen molar-refractivity contribution in [1.29, 1.82) is 0 Å². The van der Waals surface area contributed by atoms with Crippen LogP contribution in [0.25, 0.3) is 0 Å². The molecular weight excluding hydrogens is 286 g/mol. The van der Waals surface area contributed by atoms with E-state index in [1.54, 1.807) is 18.2 Å². The van der Waals surface area contributed by atoms with Gasteiger partial charge in [0.1, 0.15) is 0 Å². The van der Waals surface area contributed by atoms with Crippen molar-refractivity contribution in [3.8, 4) is 0 Å². The van der Waals surface area contributed by atoms with Crippen LogP contribution >= 0.6 is 0 Å². The average Bonchev–Trinajstić information content (AvgIpc) is 3.31.